The molecule has 38 heavy (non-hydrogen) atoms. The number of aromatic carboxylic acids is 1. The number of thioether (sulfide) groups is 1. The van der Waals surface area contributed by atoms with Crippen LogP contribution in [0.2, 0.25) is 0 Å². The molecular formula is C29H27N3O5S. The standard InChI is InChI=1S/C29H27N3O5S/c1-31-27(33)26(38-29(31)30-23-7-9-24(10-8-23)32-13-15-36-16-14-32)18-20-5-11-25(12-6-20)37-19-21-3-2-4-22(17-21)28(34)35/h2-12,17-18H,13-16,19H2,1H3,(H,34,35)/b26-18-,30-29?. The van der Waals surface area contributed by atoms with Crippen molar-refractivity contribution >= 4 is 46.3 Å². The Balaban J connectivity index is 1.22. The van der Waals surface area contributed by atoms with Crippen LogP contribution in [0.25, 0.3) is 6.08 Å². The van der Waals surface area contributed by atoms with E-state index in [-0.39, 0.29) is 18.1 Å². The Bertz CT molecular complexity index is 1380. The molecule has 0 spiro atoms. The number of hydrogen-bond donors (Lipinski definition) is 1. The molecule has 0 bridgehead atoms. The minimum absolute atomic E-state index is 0.0997. The third-order valence-corrected chi connectivity index (χ3v) is 7.27. The molecule has 2 aliphatic heterocycles. The summed E-state index contributed by atoms with van der Waals surface area (Å²) in [6.45, 7) is 3.49. The number of rotatable bonds is 7. The highest BCUT2D eigenvalue weighted by Gasteiger charge is 2.30. The highest BCUT2D eigenvalue weighted by atomic mass is 32.2. The third-order valence-electron chi connectivity index (χ3n) is 6.21. The van der Waals surface area contributed by atoms with Gasteiger partial charge in [0.2, 0.25) is 0 Å². The first kappa shape index (κ1) is 25.6. The van der Waals surface area contributed by atoms with Gasteiger partial charge in [-0.05, 0) is 77.5 Å². The molecule has 8 nitrogen and oxygen atoms in total. The third kappa shape index (κ3) is 6.07. The maximum Gasteiger partial charge on any atom is 0.335 e. The molecule has 2 aliphatic rings. The summed E-state index contributed by atoms with van der Waals surface area (Å²) in [6, 6.07) is 22.1. The number of hydrogen-bond acceptors (Lipinski definition) is 7. The molecule has 0 atom stereocenters. The molecule has 9 heteroatoms. The number of nitrogens with zero attached hydrogens (tertiary/aromatic N) is 3. The van der Waals surface area contributed by atoms with E-state index in [0.29, 0.717) is 15.8 Å². The molecule has 0 unspecified atom stereocenters. The smallest absolute Gasteiger partial charge is 0.335 e. The van der Waals surface area contributed by atoms with Gasteiger partial charge in [-0.25, -0.2) is 9.79 Å². The highest BCUT2D eigenvalue weighted by molar-refractivity contribution is 8.18. The molecule has 1 amide bonds. The van der Waals surface area contributed by atoms with E-state index in [1.165, 1.54) is 11.8 Å². The zero-order chi connectivity index (χ0) is 26.5. The number of carbonyl (C=O) groups is 2. The molecule has 0 aromatic heterocycles. The van der Waals surface area contributed by atoms with Gasteiger partial charge in [-0.1, -0.05) is 24.3 Å². The van der Waals surface area contributed by atoms with Crippen molar-refractivity contribution in [3.8, 4) is 5.75 Å². The SMILES string of the molecule is CN1C(=O)/C(=C/c2ccc(OCc3cccc(C(=O)O)c3)cc2)SC1=Nc1ccc(N2CCOCC2)cc1. The highest BCUT2D eigenvalue weighted by Crippen LogP contribution is 2.33. The van der Waals surface area contributed by atoms with Crippen LogP contribution >= 0.6 is 11.8 Å². The molecular weight excluding hydrogens is 502 g/mol. The van der Waals surface area contributed by atoms with E-state index in [1.54, 1.807) is 30.1 Å². The lowest BCUT2D eigenvalue weighted by molar-refractivity contribution is -0.121. The summed E-state index contributed by atoms with van der Waals surface area (Å²) in [6.07, 6.45) is 1.84. The lowest BCUT2D eigenvalue weighted by Crippen LogP contribution is -2.36. The number of likely N-dealkylation sites (N-methyl/N-ethyl adjacent to an activating group) is 1. The van der Waals surface area contributed by atoms with E-state index in [9.17, 15) is 9.59 Å². The maximum absolute atomic E-state index is 12.8. The average Bonchev–Trinajstić information content (AvgIpc) is 3.21. The van der Waals surface area contributed by atoms with Crippen LogP contribution in [0.5, 0.6) is 5.75 Å². The maximum atomic E-state index is 12.8. The van der Waals surface area contributed by atoms with Crippen molar-refractivity contribution in [2.45, 2.75) is 6.61 Å². The topological polar surface area (TPSA) is 91.7 Å². The Hall–Kier alpha value is -4.08. The van der Waals surface area contributed by atoms with Gasteiger partial charge in [-0.3, -0.25) is 9.69 Å². The van der Waals surface area contributed by atoms with E-state index >= 15 is 0 Å². The number of benzene rings is 3. The van der Waals surface area contributed by atoms with Crippen LogP contribution in [-0.4, -0.2) is 60.4 Å². The molecule has 2 saturated heterocycles. The summed E-state index contributed by atoms with van der Waals surface area (Å²) in [5, 5.41) is 9.76. The summed E-state index contributed by atoms with van der Waals surface area (Å²) in [5.74, 6) is -0.417. The van der Waals surface area contributed by atoms with Crippen molar-refractivity contribution in [3.05, 3.63) is 94.4 Å². The number of amidine groups is 1. The average molecular weight is 530 g/mol. The van der Waals surface area contributed by atoms with Gasteiger partial charge in [-0.2, -0.15) is 0 Å². The number of aliphatic imine (C=N–C) groups is 1. The van der Waals surface area contributed by atoms with Crippen LogP contribution in [0, 0.1) is 0 Å². The van der Waals surface area contributed by atoms with Gasteiger partial charge in [0.1, 0.15) is 12.4 Å². The zero-order valence-electron chi connectivity index (χ0n) is 20.9. The largest absolute Gasteiger partial charge is 0.489 e. The van der Waals surface area contributed by atoms with Gasteiger partial charge in [0, 0.05) is 25.8 Å². The Kier molecular flexibility index (Phi) is 7.76. The van der Waals surface area contributed by atoms with E-state index in [1.807, 2.05) is 48.5 Å². The first-order chi connectivity index (χ1) is 18.5. The van der Waals surface area contributed by atoms with Crippen molar-refractivity contribution in [2.75, 3.05) is 38.3 Å². The van der Waals surface area contributed by atoms with E-state index in [4.69, 9.17) is 19.6 Å². The Morgan fingerprint density at radius 3 is 2.53 bits per heavy atom. The van der Waals surface area contributed by atoms with Gasteiger partial charge in [0.05, 0.1) is 29.4 Å². The summed E-state index contributed by atoms with van der Waals surface area (Å²) in [5.41, 5.74) is 3.80. The Labute approximate surface area is 225 Å². The van der Waals surface area contributed by atoms with Gasteiger partial charge >= 0.3 is 5.97 Å². The van der Waals surface area contributed by atoms with Gasteiger partial charge in [0.25, 0.3) is 5.91 Å². The number of carboxylic acids is 1. The van der Waals surface area contributed by atoms with E-state index < -0.39 is 5.97 Å². The second kappa shape index (κ2) is 11.5. The molecule has 0 aliphatic carbocycles. The molecule has 5 rings (SSSR count). The molecule has 2 heterocycles. The number of amides is 1. The summed E-state index contributed by atoms with van der Waals surface area (Å²) >= 11 is 1.35. The molecule has 1 N–H and O–H groups in total. The summed E-state index contributed by atoms with van der Waals surface area (Å²) < 4.78 is 11.2. The monoisotopic (exact) mass is 529 g/mol. The van der Waals surface area contributed by atoms with E-state index in [2.05, 4.69) is 17.0 Å². The first-order valence-corrected chi connectivity index (χ1v) is 13.0. The molecule has 3 aromatic rings. The van der Waals surface area contributed by atoms with Crippen LogP contribution < -0.4 is 9.64 Å². The van der Waals surface area contributed by atoms with Crippen LogP contribution in [0.3, 0.4) is 0 Å². The predicted octanol–water partition coefficient (Wildman–Crippen LogP) is 5.03. The normalized spacial score (nSPS) is 17.9. The second-order valence-corrected chi connectivity index (χ2v) is 9.86. The van der Waals surface area contributed by atoms with Gasteiger partial charge in [0.15, 0.2) is 5.17 Å². The molecule has 2 fully saturated rings. The van der Waals surface area contributed by atoms with Crippen molar-refractivity contribution in [3.63, 3.8) is 0 Å². The van der Waals surface area contributed by atoms with Crippen LogP contribution in [0.4, 0.5) is 11.4 Å². The predicted molar refractivity (Wildman–Crippen MR) is 149 cm³/mol. The van der Waals surface area contributed by atoms with Crippen molar-refractivity contribution in [1.82, 2.24) is 4.90 Å². The fourth-order valence-corrected chi connectivity index (χ4v) is 5.08. The van der Waals surface area contributed by atoms with Gasteiger partial charge < -0.3 is 19.5 Å². The van der Waals surface area contributed by atoms with Crippen molar-refractivity contribution < 1.29 is 24.2 Å². The fraction of sp³-hybridized carbons (Fsp3) is 0.207. The first-order valence-electron chi connectivity index (χ1n) is 12.2. The van der Waals surface area contributed by atoms with Gasteiger partial charge in [-0.15, -0.1) is 0 Å². The lowest BCUT2D eigenvalue weighted by Gasteiger charge is -2.28. The quantitative estimate of drug-likeness (QED) is 0.429. The molecule has 0 saturated carbocycles. The zero-order valence-corrected chi connectivity index (χ0v) is 21.7. The summed E-state index contributed by atoms with van der Waals surface area (Å²) in [7, 11) is 1.73. The fourth-order valence-electron chi connectivity index (χ4n) is 4.09. The van der Waals surface area contributed by atoms with Crippen LogP contribution in [-0.2, 0) is 16.1 Å². The van der Waals surface area contributed by atoms with Crippen molar-refractivity contribution in [2.24, 2.45) is 4.99 Å². The number of anilines is 1. The molecule has 194 valence electrons. The number of ether oxygens (including phenoxy) is 2. The number of carboxylic acid groups (broad SMARTS) is 1. The lowest BCUT2D eigenvalue weighted by atomic mass is 10.1. The second-order valence-electron chi connectivity index (χ2n) is 8.85. The summed E-state index contributed by atoms with van der Waals surface area (Å²) in [4.78, 5) is 33.1. The van der Waals surface area contributed by atoms with E-state index in [0.717, 1.165) is 48.8 Å². The number of morpholine rings is 1. The van der Waals surface area contributed by atoms with Crippen LogP contribution in [0.1, 0.15) is 21.5 Å². The minimum atomic E-state index is -0.968. The van der Waals surface area contributed by atoms with Crippen LogP contribution in [0.15, 0.2) is 82.7 Å². The Morgan fingerprint density at radius 2 is 1.82 bits per heavy atom. The minimum Gasteiger partial charge on any atom is -0.489 e. The molecule has 3 aromatic carbocycles. The molecule has 0 radical (unpaired) electrons. The van der Waals surface area contributed by atoms with Crippen molar-refractivity contribution in [1.29, 1.82) is 0 Å². The Morgan fingerprint density at radius 1 is 1.08 bits per heavy atom. The number of carbonyl (C=O) groups excluding carboxylic acids is 1.